The third kappa shape index (κ3) is 2.63. The smallest absolute Gasteiger partial charge is 0.158 e. The van der Waals surface area contributed by atoms with Gasteiger partial charge in [0.15, 0.2) is 5.82 Å². The molecule has 0 unspecified atom stereocenters. The molecule has 0 aromatic carbocycles. The molecule has 0 bridgehead atoms. The van der Waals surface area contributed by atoms with Crippen LogP contribution < -0.4 is 4.90 Å². The summed E-state index contributed by atoms with van der Waals surface area (Å²) in [7, 11) is 1.93. The van der Waals surface area contributed by atoms with Crippen LogP contribution in [0.25, 0.3) is 0 Å². The topological polar surface area (TPSA) is 67.1 Å². The minimum absolute atomic E-state index is 0.0570. The Balaban J connectivity index is 1.70. The Labute approximate surface area is 124 Å². The molecule has 1 fully saturated rings. The Morgan fingerprint density at radius 2 is 2.05 bits per heavy atom. The highest BCUT2D eigenvalue weighted by molar-refractivity contribution is 5.51. The third-order valence-electron chi connectivity index (χ3n) is 4.33. The number of aryl methyl sites for hydroxylation is 1. The zero-order chi connectivity index (χ0) is 14.8. The number of rotatable bonds is 3. The predicted molar refractivity (Wildman–Crippen MR) is 80.1 cm³/mol. The van der Waals surface area contributed by atoms with Crippen LogP contribution in [0.15, 0.2) is 18.5 Å². The van der Waals surface area contributed by atoms with Crippen molar-refractivity contribution in [2.24, 2.45) is 7.05 Å². The van der Waals surface area contributed by atoms with Crippen LogP contribution in [0, 0.1) is 6.92 Å². The zero-order valence-electron chi connectivity index (χ0n) is 12.5. The van der Waals surface area contributed by atoms with E-state index in [9.17, 15) is 5.11 Å². The van der Waals surface area contributed by atoms with Crippen molar-refractivity contribution >= 4 is 5.69 Å². The van der Waals surface area contributed by atoms with E-state index in [-0.39, 0.29) is 6.61 Å². The number of pyridine rings is 1. The Kier molecular flexibility index (Phi) is 3.88. The normalized spacial score (nSPS) is 16.4. The Hall–Kier alpha value is -1.95. The maximum atomic E-state index is 9.21. The monoisotopic (exact) mass is 287 g/mol. The number of aromatic nitrogens is 4. The number of anilines is 1. The molecule has 6 heteroatoms. The Morgan fingerprint density at radius 1 is 1.29 bits per heavy atom. The van der Waals surface area contributed by atoms with Gasteiger partial charge in [-0.1, -0.05) is 0 Å². The molecule has 0 saturated carbocycles. The lowest BCUT2D eigenvalue weighted by Gasteiger charge is -2.33. The second-order valence-electron chi connectivity index (χ2n) is 5.62. The lowest BCUT2D eigenvalue weighted by Crippen LogP contribution is -2.34. The fourth-order valence-electron chi connectivity index (χ4n) is 3.07. The summed E-state index contributed by atoms with van der Waals surface area (Å²) >= 11 is 0. The number of piperidine rings is 1. The van der Waals surface area contributed by atoms with Crippen LogP contribution in [0.2, 0.25) is 0 Å². The van der Waals surface area contributed by atoms with Gasteiger partial charge in [-0.2, -0.15) is 0 Å². The Morgan fingerprint density at radius 3 is 2.67 bits per heavy atom. The van der Waals surface area contributed by atoms with Crippen molar-refractivity contribution in [2.45, 2.75) is 32.3 Å². The van der Waals surface area contributed by atoms with Crippen molar-refractivity contribution in [1.82, 2.24) is 19.7 Å². The number of aliphatic hydroxyl groups excluding tert-OH is 1. The number of hydrogen-bond donors (Lipinski definition) is 1. The van der Waals surface area contributed by atoms with E-state index >= 15 is 0 Å². The summed E-state index contributed by atoms with van der Waals surface area (Å²) in [5.74, 6) is 2.05. The van der Waals surface area contributed by atoms with Crippen LogP contribution in [-0.4, -0.2) is 37.9 Å². The molecular weight excluding hydrogens is 266 g/mol. The molecule has 0 aliphatic carbocycles. The fourth-order valence-corrected chi connectivity index (χ4v) is 3.07. The first kappa shape index (κ1) is 14.0. The standard InChI is InChI=1S/C15H21N5O/c1-11-9-16-6-3-13(11)20-7-4-12(5-8-20)15-18-17-14(10-21)19(15)2/h3,6,9,12,21H,4-5,7-8,10H2,1-2H3. The summed E-state index contributed by atoms with van der Waals surface area (Å²) in [5, 5.41) is 17.5. The van der Waals surface area contributed by atoms with E-state index in [0.29, 0.717) is 11.7 Å². The lowest BCUT2D eigenvalue weighted by molar-refractivity contribution is 0.266. The molecule has 3 rings (SSSR count). The summed E-state index contributed by atoms with van der Waals surface area (Å²) in [4.78, 5) is 6.57. The number of aliphatic hydroxyl groups is 1. The van der Waals surface area contributed by atoms with E-state index in [1.165, 1.54) is 11.3 Å². The molecule has 3 heterocycles. The van der Waals surface area contributed by atoms with Gasteiger partial charge in [0.05, 0.1) is 0 Å². The lowest BCUT2D eigenvalue weighted by atomic mass is 9.95. The van der Waals surface area contributed by atoms with Crippen molar-refractivity contribution in [2.75, 3.05) is 18.0 Å². The summed E-state index contributed by atoms with van der Waals surface area (Å²) in [5.41, 5.74) is 2.50. The van der Waals surface area contributed by atoms with E-state index in [1.54, 1.807) is 0 Å². The van der Waals surface area contributed by atoms with E-state index in [1.807, 2.05) is 24.0 Å². The van der Waals surface area contributed by atoms with Crippen LogP contribution in [0.4, 0.5) is 5.69 Å². The molecule has 112 valence electrons. The van der Waals surface area contributed by atoms with Crippen molar-refractivity contribution in [1.29, 1.82) is 0 Å². The minimum atomic E-state index is -0.0570. The molecule has 0 amide bonds. The Bertz CT molecular complexity index is 616. The maximum Gasteiger partial charge on any atom is 0.158 e. The van der Waals surface area contributed by atoms with Crippen LogP contribution in [0.1, 0.15) is 36.0 Å². The summed E-state index contributed by atoms with van der Waals surface area (Å²) in [6.45, 7) is 4.07. The van der Waals surface area contributed by atoms with Crippen molar-refractivity contribution < 1.29 is 5.11 Å². The molecule has 1 saturated heterocycles. The maximum absolute atomic E-state index is 9.21. The van der Waals surface area contributed by atoms with Gasteiger partial charge in [0, 0.05) is 44.1 Å². The summed E-state index contributed by atoms with van der Waals surface area (Å²) in [6, 6.07) is 2.09. The van der Waals surface area contributed by atoms with Gasteiger partial charge in [-0.3, -0.25) is 4.98 Å². The molecule has 6 nitrogen and oxygen atoms in total. The zero-order valence-corrected chi connectivity index (χ0v) is 12.5. The van der Waals surface area contributed by atoms with Crippen molar-refractivity contribution in [3.63, 3.8) is 0 Å². The summed E-state index contributed by atoms with van der Waals surface area (Å²) in [6.07, 6.45) is 5.88. The molecule has 2 aromatic heterocycles. The van der Waals surface area contributed by atoms with Gasteiger partial charge < -0.3 is 14.6 Å². The van der Waals surface area contributed by atoms with Gasteiger partial charge in [-0.25, -0.2) is 0 Å². The third-order valence-corrected chi connectivity index (χ3v) is 4.33. The average molecular weight is 287 g/mol. The van der Waals surface area contributed by atoms with E-state index < -0.39 is 0 Å². The number of nitrogens with zero attached hydrogens (tertiary/aromatic N) is 5. The number of hydrogen-bond acceptors (Lipinski definition) is 5. The highest BCUT2D eigenvalue weighted by Crippen LogP contribution is 2.30. The van der Waals surface area contributed by atoms with Gasteiger partial charge in [0.2, 0.25) is 0 Å². The second kappa shape index (κ2) is 5.81. The van der Waals surface area contributed by atoms with Crippen LogP contribution >= 0.6 is 0 Å². The molecule has 1 aliphatic heterocycles. The first-order valence-electron chi connectivity index (χ1n) is 7.35. The molecule has 0 radical (unpaired) electrons. The first-order valence-corrected chi connectivity index (χ1v) is 7.35. The van der Waals surface area contributed by atoms with Crippen LogP contribution in [0.5, 0.6) is 0 Å². The minimum Gasteiger partial charge on any atom is -0.388 e. The van der Waals surface area contributed by atoms with Gasteiger partial charge in [-0.05, 0) is 31.4 Å². The van der Waals surface area contributed by atoms with Gasteiger partial charge in [0.25, 0.3) is 0 Å². The van der Waals surface area contributed by atoms with Crippen molar-refractivity contribution in [3.05, 3.63) is 35.7 Å². The summed E-state index contributed by atoms with van der Waals surface area (Å²) < 4.78 is 1.93. The van der Waals surface area contributed by atoms with Crippen LogP contribution in [0.3, 0.4) is 0 Å². The largest absolute Gasteiger partial charge is 0.388 e. The van der Waals surface area contributed by atoms with Gasteiger partial charge in [0.1, 0.15) is 12.4 Å². The predicted octanol–water partition coefficient (Wildman–Crippen LogP) is 1.39. The average Bonchev–Trinajstić information content (AvgIpc) is 2.89. The van der Waals surface area contributed by atoms with Crippen molar-refractivity contribution in [3.8, 4) is 0 Å². The highest BCUT2D eigenvalue weighted by atomic mass is 16.3. The highest BCUT2D eigenvalue weighted by Gasteiger charge is 2.25. The molecule has 1 aliphatic rings. The fraction of sp³-hybridized carbons (Fsp3) is 0.533. The first-order chi connectivity index (χ1) is 10.2. The van der Waals surface area contributed by atoms with E-state index in [0.717, 1.165) is 31.8 Å². The van der Waals surface area contributed by atoms with Gasteiger partial charge >= 0.3 is 0 Å². The molecule has 0 spiro atoms. The van der Waals surface area contributed by atoms with E-state index in [2.05, 4.69) is 33.1 Å². The molecular formula is C15H21N5O. The quantitative estimate of drug-likeness (QED) is 0.924. The van der Waals surface area contributed by atoms with Crippen LogP contribution in [-0.2, 0) is 13.7 Å². The van der Waals surface area contributed by atoms with Gasteiger partial charge in [-0.15, -0.1) is 10.2 Å². The molecule has 21 heavy (non-hydrogen) atoms. The second-order valence-corrected chi connectivity index (χ2v) is 5.62. The molecule has 2 aromatic rings. The molecule has 0 atom stereocenters. The van der Waals surface area contributed by atoms with E-state index in [4.69, 9.17) is 0 Å². The SMILES string of the molecule is Cc1cnccc1N1CCC(c2nnc(CO)n2C)CC1. The molecule has 1 N–H and O–H groups in total.